The molecule has 1 aliphatic heterocycles. The molecule has 0 radical (unpaired) electrons. The summed E-state index contributed by atoms with van der Waals surface area (Å²) >= 11 is 0. The highest BCUT2D eigenvalue weighted by Gasteiger charge is 2.09. The Labute approximate surface area is 149 Å². The Hall–Kier alpha value is -2.11. The molecule has 1 aliphatic rings. The molecule has 0 aromatic heterocycles. The molecule has 2 N–H and O–H groups in total. The van der Waals surface area contributed by atoms with E-state index in [1.165, 1.54) is 16.3 Å². The van der Waals surface area contributed by atoms with Crippen LogP contribution in [0.25, 0.3) is 10.8 Å². The van der Waals surface area contributed by atoms with E-state index >= 15 is 0 Å². The number of fused-ring (bicyclic) bond motifs is 1. The van der Waals surface area contributed by atoms with E-state index in [2.05, 4.69) is 58.0 Å². The molecule has 1 heterocycles. The van der Waals surface area contributed by atoms with Crippen LogP contribution in [0.4, 0.5) is 4.79 Å². The molecule has 1 saturated heterocycles. The van der Waals surface area contributed by atoms with Gasteiger partial charge in [-0.1, -0.05) is 42.5 Å². The average Bonchev–Trinajstić information content (AvgIpc) is 2.66. The zero-order valence-electron chi connectivity index (χ0n) is 14.7. The van der Waals surface area contributed by atoms with Gasteiger partial charge >= 0.3 is 6.03 Å². The summed E-state index contributed by atoms with van der Waals surface area (Å²) in [4.78, 5) is 14.3. The molecule has 0 bridgehead atoms. The van der Waals surface area contributed by atoms with Gasteiger partial charge in [0.15, 0.2) is 0 Å². The Morgan fingerprint density at radius 3 is 2.64 bits per heavy atom. The molecule has 0 unspecified atom stereocenters. The van der Waals surface area contributed by atoms with Gasteiger partial charge in [-0.25, -0.2) is 4.79 Å². The molecular weight excluding hydrogens is 314 g/mol. The molecule has 2 aromatic rings. The number of hydrogen-bond acceptors (Lipinski definition) is 3. The topological polar surface area (TPSA) is 53.6 Å². The fourth-order valence-electron chi connectivity index (χ4n) is 3.21. The van der Waals surface area contributed by atoms with Crippen molar-refractivity contribution in [2.75, 3.05) is 45.9 Å². The van der Waals surface area contributed by atoms with Crippen LogP contribution in [0, 0.1) is 0 Å². The van der Waals surface area contributed by atoms with Crippen LogP contribution in [0.2, 0.25) is 0 Å². The van der Waals surface area contributed by atoms with Crippen molar-refractivity contribution < 1.29 is 9.53 Å². The first-order chi connectivity index (χ1) is 12.3. The van der Waals surface area contributed by atoms with Crippen molar-refractivity contribution in [1.82, 2.24) is 15.5 Å². The summed E-state index contributed by atoms with van der Waals surface area (Å²) in [5.41, 5.74) is 1.27. The second kappa shape index (κ2) is 9.39. The lowest BCUT2D eigenvalue weighted by molar-refractivity contribution is 0.0375. The van der Waals surface area contributed by atoms with Crippen LogP contribution in [0.3, 0.4) is 0 Å². The molecular formula is C20H27N3O2. The summed E-state index contributed by atoms with van der Waals surface area (Å²) in [6.07, 6.45) is 1.80. The van der Waals surface area contributed by atoms with Crippen molar-refractivity contribution in [3.8, 4) is 0 Å². The number of rotatable bonds is 7. The van der Waals surface area contributed by atoms with Crippen LogP contribution >= 0.6 is 0 Å². The Morgan fingerprint density at radius 2 is 1.76 bits per heavy atom. The van der Waals surface area contributed by atoms with Crippen LogP contribution in [-0.2, 0) is 11.2 Å². The molecule has 0 saturated carbocycles. The number of benzene rings is 2. The molecule has 2 amide bonds. The maximum Gasteiger partial charge on any atom is 0.314 e. The van der Waals surface area contributed by atoms with Gasteiger partial charge in [-0.2, -0.15) is 0 Å². The summed E-state index contributed by atoms with van der Waals surface area (Å²) in [6, 6.07) is 14.6. The molecule has 25 heavy (non-hydrogen) atoms. The van der Waals surface area contributed by atoms with Crippen LogP contribution in [-0.4, -0.2) is 56.9 Å². The lowest BCUT2D eigenvalue weighted by atomic mass is 10.0. The highest BCUT2D eigenvalue weighted by molar-refractivity contribution is 5.85. The van der Waals surface area contributed by atoms with E-state index in [0.29, 0.717) is 13.1 Å². The third kappa shape index (κ3) is 5.44. The summed E-state index contributed by atoms with van der Waals surface area (Å²) < 4.78 is 5.33. The molecule has 0 aliphatic carbocycles. The maximum absolute atomic E-state index is 11.9. The highest BCUT2D eigenvalue weighted by Crippen LogP contribution is 2.18. The smallest absolute Gasteiger partial charge is 0.314 e. The van der Waals surface area contributed by atoms with Crippen LogP contribution < -0.4 is 10.6 Å². The van der Waals surface area contributed by atoms with Crippen molar-refractivity contribution >= 4 is 16.8 Å². The van der Waals surface area contributed by atoms with Gasteiger partial charge in [0.25, 0.3) is 0 Å². The molecule has 0 spiro atoms. The largest absolute Gasteiger partial charge is 0.379 e. The number of carbonyl (C=O) groups is 1. The second-order valence-corrected chi connectivity index (χ2v) is 6.38. The average molecular weight is 341 g/mol. The number of urea groups is 1. The number of nitrogens with one attached hydrogen (secondary N) is 2. The van der Waals surface area contributed by atoms with Gasteiger partial charge in [0.1, 0.15) is 0 Å². The zero-order valence-corrected chi connectivity index (χ0v) is 14.7. The summed E-state index contributed by atoms with van der Waals surface area (Å²) in [6.45, 7) is 6.00. The minimum atomic E-state index is -0.0813. The lowest BCUT2D eigenvalue weighted by Gasteiger charge is -2.26. The molecule has 1 fully saturated rings. The minimum Gasteiger partial charge on any atom is -0.379 e. The number of nitrogens with zero attached hydrogens (tertiary/aromatic N) is 1. The van der Waals surface area contributed by atoms with E-state index in [-0.39, 0.29) is 6.03 Å². The van der Waals surface area contributed by atoms with Gasteiger partial charge < -0.3 is 15.4 Å². The maximum atomic E-state index is 11.9. The quantitative estimate of drug-likeness (QED) is 0.761. The first-order valence-electron chi connectivity index (χ1n) is 9.11. The Bertz CT molecular complexity index is 678. The Morgan fingerprint density at radius 1 is 1.00 bits per heavy atom. The monoisotopic (exact) mass is 341 g/mol. The molecule has 134 valence electrons. The number of hydrogen-bond donors (Lipinski definition) is 2. The van der Waals surface area contributed by atoms with E-state index in [9.17, 15) is 4.79 Å². The van der Waals surface area contributed by atoms with Crippen LogP contribution in [0.5, 0.6) is 0 Å². The summed E-state index contributed by atoms with van der Waals surface area (Å²) in [5.74, 6) is 0. The van der Waals surface area contributed by atoms with Crippen molar-refractivity contribution in [2.45, 2.75) is 12.8 Å². The fourth-order valence-corrected chi connectivity index (χ4v) is 3.21. The molecule has 2 aromatic carbocycles. The normalized spacial score (nSPS) is 15.2. The Kier molecular flexibility index (Phi) is 6.65. The van der Waals surface area contributed by atoms with Crippen molar-refractivity contribution in [1.29, 1.82) is 0 Å². The van der Waals surface area contributed by atoms with E-state index < -0.39 is 0 Å². The second-order valence-electron chi connectivity index (χ2n) is 6.38. The number of amides is 2. The minimum absolute atomic E-state index is 0.0813. The molecule has 0 atom stereocenters. The predicted molar refractivity (Wildman–Crippen MR) is 101 cm³/mol. The lowest BCUT2D eigenvalue weighted by Crippen LogP contribution is -2.40. The van der Waals surface area contributed by atoms with Crippen LogP contribution in [0.1, 0.15) is 12.0 Å². The standard InChI is InChI=1S/C20H27N3O2/c24-20(21-10-4-12-23-13-15-25-16-14-23)22-11-9-18-7-3-6-17-5-1-2-8-19(17)18/h1-3,5-8H,4,9-16H2,(H2,21,22,24). The Balaban J connectivity index is 1.33. The molecule has 3 rings (SSSR count). The van der Waals surface area contributed by atoms with Crippen molar-refractivity contribution in [3.63, 3.8) is 0 Å². The number of carbonyl (C=O) groups excluding carboxylic acids is 1. The summed E-state index contributed by atoms with van der Waals surface area (Å²) in [7, 11) is 0. The van der Waals surface area contributed by atoms with Gasteiger partial charge in [-0.05, 0) is 35.7 Å². The first kappa shape index (κ1) is 17.7. The van der Waals surface area contributed by atoms with Gasteiger partial charge in [-0.3, -0.25) is 4.90 Å². The van der Waals surface area contributed by atoms with Gasteiger partial charge in [0.2, 0.25) is 0 Å². The van der Waals surface area contributed by atoms with E-state index in [1.54, 1.807) is 0 Å². The van der Waals surface area contributed by atoms with Gasteiger partial charge in [0.05, 0.1) is 13.2 Å². The first-order valence-corrected chi connectivity index (χ1v) is 9.11. The number of morpholine rings is 1. The number of ether oxygens (including phenoxy) is 1. The molecule has 5 heteroatoms. The van der Waals surface area contributed by atoms with E-state index in [0.717, 1.165) is 45.7 Å². The van der Waals surface area contributed by atoms with Crippen LogP contribution in [0.15, 0.2) is 42.5 Å². The van der Waals surface area contributed by atoms with E-state index in [1.807, 2.05) is 0 Å². The van der Waals surface area contributed by atoms with E-state index in [4.69, 9.17) is 4.74 Å². The summed E-state index contributed by atoms with van der Waals surface area (Å²) in [5, 5.41) is 8.39. The SMILES string of the molecule is O=C(NCCCN1CCOCC1)NCCc1cccc2ccccc12. The predicted octanol–water partition coefficient (Wildman–Crippen LogP) is 2.40. The fraction of sp³-hybridized carbons (Fsp3) is 0.450. The van der Waals surface area contributed by atoms with Gasteiger partial charge in [-0.15, -0.1) is 0 Å². The zero-order chi connectivity index (χ0) is 17.3. The third-order valence-electron chi connectivity index (χ3n) is 4.60. The molecule has 5 nitrogen and oxygen atoms in total. The third-order valence-corrected chi connectivity index (χ3v) is 4.60. The highest BCUT2D eigenvalue weighted by atomic mass is 16.5. The van der Waals surface area contributed by atoms with Gasteiger partial charge in [0, 0.05) is 26.2 Å². The van der Waals surface area contributed by atoms with Crippen molar-refractivity contribution in [2.24, 2.45) is 0 Å². The van der Waals surface area contributed by atoms with Crippen molar-refractivity contribution in [3.05, 3.63) is 48.0 Å².